The van der Waals surface area contributed by atoms with Crippen LogP contribution in [-0.2, 0) is 27.2 Å². The highest BCUT2D eigenvalue weighted by molar-refractivity contribution is 6.05. The van der Waals surface area contributed by atoms with Crippen LogP contribution in [0.5, 0.6) is 0 Å². The van der Waals surface area contributed by atoms with Crippen molar-refractivity contribution in [2.24, 2.45) is 0 Å². The molecule has 0 spiro atoms. The number of rotatable bonds is 6. The highest BCUT2D eigenvalue weighted by Gasteiger charge is 2.33. The third kappa shape index (κ3) is 3.71. The number of hydrogen-bond donors (Lipinski definition) is 0. The van der Waals surface area contributed by atoms with Crippen molar-refractivity contribution in [1.82, 2.24) is 0 Å². The van der Waals surface area contributed by atoms with Crippen LogP contribution >= 0.6 is 0 Å². The number of ether oxygens (including phenoxy) is 1. The monoisotopic (exact) mass is 425 g/mol. The minimum Gasteiger partial charge on any atom is -0.457 e. The molecule has 32 heavy (non-hydrogen) atoms. The Bertz CT molecular complexity index is 1150. The van der Waals surface area contributed by atoms with Crippen LogP contribution in [-0.4, -0.2) is 30.8 Å². The first-order valence-corrected chi connectivity index (χ1v) is 10.9. The maximum atomic E-state index is 13.1. The Kier molecular flexibility index (Phi) is 5.31. The molecule has 0 fully saturated rings. The molecule has 0 bridgehead atoms. The molecule has 0 radical (unpaired) electrons. The lowest BCUT2D eigenvalue weighted by atomic mass is 9.91. The molecule has 160 valence electrons. The molecule has 5 heteroatoms. The van der Waals surface area contributed by atoms with Crippen LogP contribution in [0.25, 0.3) is 0 Å². The van der Waals surface area contributed by atoms with E-state index in [1.165, 1.54) is 0 Å². The molecular weight excluding hydrogens is 402 g/mol. The molecule has 0 aromatic heterocycles. The summed E-state index contributed by atoms with van der Waals surface area (Å²) in [7, 11) is 0. The van der Waals surface area contributed by atoms with Gasteiger partial charge in [0.2, 0.25) is 5.91 Å². The van der Waals surface area contributed by atoms with Gasteiger partial charge < -0.3 is 9.64 Å². The third-order valence-electron chi connectivity index (χ3n) is 6.18. The van der Waals surface area contributed by atoms with Crippen molar-refractivity contribution in [3.8, 4) is 0 Å². The molecule has 3 aromatic rings. The number of Topliss-reactive ketones (excluding diaryl/α,β-unsaturated/α-hetero) is 1. The average Bonchev–Trinajstić information content (AvgIpc) is 3.15. The molecule has 2 heterocycles. The summed E-state index contributed by atoms with van der Waals surface area (Å²) in [6, 6.07) is 22.5. The van der Waals surface area contributed by atoms with E-state index in [2.05, 4.69) is 0 Å². The molecule has 5 rings (SSSR count). The third-order valence-corrected chi connectivity index (χ3v) is 6.18. The largest absolute Gasteiger partial charge is 0.457 e. The number of amides is 1. The van der Waals surface area contributed by atoms with Crippen LogP contribution in [0.4, 0.5) is 5.69 Å². The van der Waals surface area contributed by atoms with E-state index in [0.717, 1.165) is 47.3 Å². The molecule has 0 atom stereocenters. The van der Waals surface area contributed by atoms with E-state index in [0.29, 0.717) is 12.0 Å². The van der Waals surface area contributed by atoms with Gasteiger partial charge in [0.1, 0.15) is 5.92 Å². The normalized spacial score (nSPS) is 14.4. The van der Waals surface area contributed by atoms with Crippen LogP contribution in [0.15, 0.2) is 72.8 Å². The van der Waals surface area contributed by atoms with E-state index in [9.17, 15) is 14.4 Å². The first-order chi connectivity index (χ1) is 15.6. The van der Waals surface area contributed by atoms with E-state index in [1.54, 1.807) is 6.07 Å². The predicted molar refractivity (Wildman–Crippen MR) is 121 cm³/mol. The summed E-state index contributed by atoms with van der Waals surface area (Å²) in [5.74, 6) is -1.23. The zero-order valence-electron chi connectivity index (χ0n) is 17.6. The minimum absolute atomic E-state index is 0.0885. The lowest BCUT2D eigenvalue weighted by molar-refractivity contribution is -0.143. The molecule has 1 amide bonds. The highest BCUT2D eigenvalue weighted by Crippen LogP contribution is 2.37. The van der Waals surface area contributed by atoms with Gasteiger partial charge >= 0.3 is 5.97 Å². The second-order valence-corrected chi connectivity index (χ2v) is 8.25. The number of esters is 1. The van der Waals surface area contributed by atoms with E-state index in [4.69, 9.17) is 4.74 Å². The summed E-state index contributed by atoms with van der Waals surface area (Å²) in [6.07, 6.45) is 2.06. The van der Waals surface area contributed by atoms with Crippen molar-refractivity contribution < 1.29 is 19.1 Å². The summed E-state index contributed by atoms with van der Waals surface area (Å²) in [6.45, 7) is 0.412. The predicted octanol–water partition coefficient (Wildman–Crippen LogP) is 4.08. The number of hydrogen-bond acceptors (Lipinski definition) is 4. The molecule has 3 aromatic carbocycles. The molecule has 0 unspecified atom stereocenters. The fourth-order valence-corrected chi connectivity index (χ4v) is 4.70. The van der Waals surface area contributed by atoms with Crippen molar-refractivity contribution >= 4 is 23.3 Å². The molecular formula is C27H23NO4. The zero-order chi connectivity index (χ0) is 22.1. The maximum Gasteiger partial charge on any atom is 0.318 e. The van der Waals surface area contributed by atoms with Gasteiger partial charge in [-0.25, -0.2) is 0 Å². The molecule has 2 aliphatic heterocycles. The lowest BCUT2D eigenvalue weighted by Crippen LogP contribution is -2.31. The highest BCUT2D eigenvalue weighted by atomic mass is 16.5. The quantitative estimate of drug-likeness (QED) is 0.441. The second kappa shape index (κ2) is 8.42. The van der Waals surface area contributed by atoms with Crippen molar-refractivity contribution in [2.45, 2.75) is 25.2 Å². The number of aryl methyl sites for hydroxylation is 1. The number of ketones is 1. The molecule has 5 nitrogen and oxygen atoms in total. The molecule has 0 aliphatic carbocycles. The van der Waals surface area contributed by atoms with Crippen LogP contribution in [0.3, 0.4) is 0 Å². The van der Waals surface area contributed by atoms with E-state index in [-0.39, 0.29) is 18.3 Å². The Labute approximate surface area is 186 Å². The first kappa shape index (κ1) is 20.2. The second-order valence-electron chi connectivity index (χ2n) is 8.25. The van der Waals surface area contributed by atoms with E-state index >= 15 is 0 Å². The Balaban J connectivity index is 1.35. The van der Waals surface area contributed by atoms with Crippen LogP contribution in [0.1, 0.15) is 45.0 Å². The summed E-state index contributed by atoms with van der Waals surface area (Å²) in [5.41, 5.74) is 5.03. The minimum atomic E-state index is -0.599. The van der Waals surface area contributed by atoms with Gasteiger partial charge in [0.15, 0.2) is 12.4 Å². The summed E-state index contributed by atoms with van der Waals surface area (Å²) >= 11 is 0. The van der Waals surface area contributed by atoms with Crippen molar-refractivity contribution in [2.75, 3.05) is 18.1 Å². The van der Waals surface area contributed by atoms with Gasteiger partial charge in [0, 0.05) is 12.1 Å². The van der Waals surface area contributed by atoms with Crippen LogP contribution in [0.2, 0.25) is 0 Å². The smallest absolute Gasteiger partial charge is 0.318 e. The number of nitrogens with zero attached hydrogens (tertiary/aromatic N) is 1. The number of carbonyl (C=O) groups is 3. The number of carbonyl (C=O) groups excluding carboxylic acids is 3. The fourth-order valence-electron chi connectivity index (χ4n) is 4.70. The van der Waals surface area contributed by atoms with Crippen molar-refractivity contribution in [3.63, 3.8) is 0 Å². The van der Waals surface area contributed by atoms with E-state index in [1.807, 2.05) is 71.6 Å². The Morgan fingerprint density at radius 1 is 0.906 bits per heavy atom. The lowest BCUT2D eigenvalue weighted by Gasteiger charge is -2.25. The Hall–Kier alpha value is -3.73. The summed E-state index contributed by atoms with van der Waals surface area (Å²) in [4.78, 5) is 40.1. The Morgan fingerprint density at radius 3 is 2.19 bits per heavy atom. The number of anilines is 1. The van der Waals surface area contributed by atoms with Crippen molar-refractivity contribution in [1.29, 1.82) is 0 Å². The first-order valence-electron chi connectivity index (χ1n) is 10.9. The van der Waals surface area contributed by atoms with Gasteiger partial charge in [-0.05, 0) is 47.2 Å². The van der Waals surface area contributed by atoms with Crippen LogP contribution < -0.4 is 4.90 Å². The van der Waals surface area contributed by atoms with Gasteiger partial charge in [-0.1, -0.05) is 60.7 Å². The topological polar surface area (TPSA) is 63.7 Å². The molecule has 2 aliphatic rings. The van der Waals surface area contributed by atoms with Gasteiger partial charge in [-0.3, -0.25) is 14.4 Å². The van der Waals surface area contributed by atoms with Gasteiger partial charge in [-0.15, -0.1) is 0 Å². The SMILES string of the molecule is O=C(COC(=O)C(c1ccccc1)c1ccccc1)c1cc2c3c(c1)CC(=O)N3CCC2. The molecule has 0 saturated heterocycles. The Morgan fingerprint density at radius 2 is 1.53 bits per heavy atom. The van der Waals surface area contributed by atoms with Gasteiger partial charge in [-0.2, -0.15) is 0 Å². The molecule has 0 N–H and O–H groups in total. The van der Waals surface area contributed by atoms with Gasteiger partial charge in [0.05, 0.1) is 12.1 Å². The molecule has 0 saturated carbocycles. The fraction of sp³-hybridized carbons (Fsp3) is 0.222. The van der Waals surface area contributed by atoms with Crippen LogP contribution in [0, 0.1) is 0 Å². The van der Waals surface area contributed by atoms with E-state index < -0.39 is 11.9 Å². The summed E-state index contributed by atoms with van der Waals surface area (Å²) < 4.78 is 5.51. The summed E-state index contributed by atoms with van der Waals surface area (Å²) in [5, 5.41) is 0. The maximum absolute atomic E-state index is 13.1. The van der Waals surface area contributed by atoms with Crippen molar-refractivity contribution in [3.05, 3.63) is 101 Å². The average molecular weight is 425 g/mol. The van der Waals surface area contributed by atoms with Gasteiger partial charge in [0.25, 0.3) is 0 Å². The standard InChI is InChI=1S/C27H23NO4/c29-23(21-14-20-12-7-13-28-24(30)16-22(15-21)26(20)28)17-32-27(31)25(18-8-3-1-4-9-18)19-10-5-2-6-11-19/h1-6,8-11,14-15,25H,7,12-13,16-17H2. The zero-order valence-corrected chi connectivity index (χ0v) is 17.6. The number of benzene rings is 3.